The number of alkyl halides is 3. The Morgan fingerprint density at radius 2 is 1.86 bits per heavy atom. The van der Waals surface area contributed by atoms with Crippen molar-refractivity contribution < 1.29 is 17.9 Å². The third kappa shape index (κ3) is 8.19. The van der Waals surface area contributed by atoms with Gasteiger partial charge in [-0.3, -0.25) is 4.99 Å². The highest BCUT2D eigenvalue weighted by Crippen LogP contribution is 2.29. The van der Waals surface area contributed by atoms with Gasteiger partial charge in [0.05, 0.1) is 13.2 Å². The summed E-state index contributed by atoms with van der Waals surface area (Å²) in [6.07, 6.45) is -4.42. The smallest absolute Gasteiger partial charge is 0.383 e. The molecule has 0 aliphatic heterocycles. The summed E-state index contributed by atoms with van der Waals surface area (Å²) >= 11 is 0.961. The van der Waals surface area contributed by atoms with E-state index in [0.29, 0.717) is 24.1 Å². The zero-order valence-electron chi connectivity index (χ0n) is 15.5. The second kappa shape index (κ2) is 12.1. The van der Waals surface area contributed by atoms with Gasteiger partial charge in [0.1, 0.15) is 5.01 Å². The molecule has 0 radical (unpaired) electrons. The van der Waals surface area contributed by atoms with E-state index in [1.54, 1.807) is 14.2 Å². The van der Waals surface area contributed by atoms with Crippen LogP contribution in [0.1, 0.15) is 16.3 Å². The molecule has 0 saturated carbocycles. The van der Waals surface area contributed by atoms with E-state index in [9.17, 15) is 13.2 Å². The Hall–Kier alpha value is -1.60. The van der Waals surface area contributed by atoms with Crippen molar-refractivity contribution in [3.05, 3.63) is 45.9 Å². The summed E-state index contributed by atoms with van der Waals surface area (Å²) in [5.41, 5.74) is 1.18. The van der Waals surface area contributed by atoms with E-state index < -0.39 is 11.9 Å². The Labute approximate surface area is 183 Å². The number of anilines is 1. The molecule has 0 amide bonds. The van der Waals surface area contributed by atoms with Crippen LogP contribution in [-0.2, 0) is 24.0 Å². The number of hydrogen-bond donors (Lipinski definition) is 3. The summed E-state index contributed by atoms with van der Waals surface area (Å²) in [7, 11) is 3.25. The lowest BCUT2D eigenvalue weighted by atomic mass is 10.2. The van der Waals surface area contributed by atoms with Gasteiger partial charge in [-0.2, -0.15) is 13.2 Å². The van der Waals surface area contributed by atoms with Gasteiger partial charge in [-0.05, 0) is 17.7 Å². The lowest BCUT2D eigenvalue weighted by Crippen LogP contribution is -2.36. The van der Waals surface area contributed by atoms with Crippen LogP contribution in [0.3, 0.4) is 0 Å². The zero-order chi connectivity index (χ0) is 19.7. The Balaban J connectivity index is 0.00000392. The van der Waals surface area contributed by atoms with Crippen molar-refractivity contribution in [1.82, 2.24) is 15.6 Å². The average molecular weight is 529 g/mol. The highest BCUT2D eigenvalue weighted by molar-refractivity contribution is 14.0. The number of nitrogens with one attached hydrogen (secondary N) is 3. The number of guanidine groups is 1. The summed E-state index contributed by atoms with van der Waals surface area (Å²) in [5.74, 6) is 0.487. The quantitative estimate of drug-likeness (QED) is 0.211. The van der Waals surface area contributed by atoms with Gasteiger partial charge in [0.15, 0.2) is 11.7 Å². The number of benzene rings is 1. The first kappa shape index (κ1) is 24.4. The predicted octanol–water partition coefficient (Wildman–Crippen LogP) is 3.70. The number of halogens is 4. The van der Waals surface area contributed by atoms with Crippen LogP contribution in [0.25, 0.3) is 0 Å². The molecule has 0 spiro atoms. The Bertz CT molecular complexity index is 737. The first-order valence-corrected chi connectivity index (χ1v) is 9.08. The third-order valence-electron chi connectivity index (χ3n) is 3.52. The second-order valence-electron chi connectivity index (χ2n) is 5.52. The fourth-order valence-corrected chi connectivity index (χ4v) is 2.87. The van der Waals surface area contributed by atoms with Crippen molar-refractivity contribution in [1.29, 1.82) is 0 Å². The molecule has 1 aromatic heterocycles. The fourth-order valence-electron chi connectivity index (χ4n) is 2.13. The van der Waals surface area contributed by atoms with Crippen LogP contribution in [-0.4, -0.2) is 38.3 Å². The molecule has 3 N–H and O–H groups in total. The van der Waals surface area contributed by atoms with E-state index in [0.717, 1.165) is 34.5 Å². The molecule has 1 aromatic carbocycles. The molecule has 0 aliphatic rings. The van der Waals surface area contributed by atoms with E-state index >= 15 is 0 Å². The highest BCUT2D eigenvalue weighted by atomic mass is 127. The lowest BCUT2D eigenvalue weighted by Gasteiger charge is -2.12. The average Bonchev–Trinajstić information content (AvgIpc) is 3.13. The number of methoxy groups -OCH3 is 1. The maximum atomic E-state index is 12.6. The predicted molar refractivity (Wildman–Crippen MR) is 116 cm³/mol. The monoisotopic (exact) mass is 529 g/mol. The number of nitrogens with zero attached hydrogens (tertiary/aromatic N) is 2. The largest absolute Gasteiger partial charge is 0.434 e. The normalized spacial score (nSPS) is 11.7. The summed E-state index contributed by atoms with van der Waals surface area (Å²) in [6.45, 7) is 2.07. The van der Waals surface area contributed by atoms with Crippen LogP contribution in [0.2, 0.25) is 0 Å². The number of rotatable bonds is 8. The van der Waals surface area contributed by atoms with Crippen LogP contribution in [0, 0.1) is 0 Å². The molecule has 156 valence electrons. The van der Waals surface area contributed by atoms with E-state index in [1.165, 1.54) is 0 Å². The van der Waals surface area contributed by atoms with E-state index in [4.69, 9.17) is 4.74 Å². The molecule has 0 atom stereocenters. The first-order valence-electron chi connectivity index (χ1n) is 8.20. The van der Waals surface area contributed by atoms with Gasteiger partial charge in [-0.15, -0.1) is 35.3 Å². The first-order chi connectivity index (χ1) is 12.9. The number of hydrogen-bond acceptors (Lipinski definition) is 5. The molecule has 2 rings (SSSR count). The molecule has 11 heteroatoms. The minimum absolute atomic E-state index is 0. The van der Waals surface area contributed by atoms with Gasteiger partial charge >= 0.3 is 6.18 Å². The van der Waals surface area contributed by atoms with Crippen molar-refractivity contribution in [3.8, 4) is 0 Å². The maximum absolute atomic E-state index is 12.6. The number of thiazole rings is 1. The SMILES string of the molecule is CN=C(NCc1ccc(NCCOC)cc1)NCc1nc(C(F)(F)F)cs1.I. The molecule has 28 heavy (non-hydrogen) atoms. The molecule has 0 fully saturated rings. The molecule has 0 bridgehead atoms. The van der Waals surface area contributed by atoms with Crippen molar-refractivity contribution >= 4 is 47.0 Å². The number of aromatic nitrogens is 1. The highest BCUT2D eigenvalue weighted by Gasteiger charge is 2.33. The molecule has 0 unspecified atom stereocenters. The van der Waals surface area contributed by atoms with Gasteiger partial charge < -0.3 is 20.7 Å². The molecule has 2 aromatic rings. The standard InChI is InChI=1S/C17H22F3N5OS.HI/c1-21-16(24-10-15-25-14(11-27-15)17(18,19)20)23-9-12-3-5-13(6-4-12)22-7-8-26-2;/h3-6,11,22H,7-10H2,1-2H3,(H2,21,23,24);1H. The van der Waals surface area contributed by atoms with Crippen LogP contribution in [0.4, 0.5) is 18.9 Å². The summed E-state index contributed by atoms with van der Waals surface area (Å²) < 4.78 is 42.7. The number of ether oxygens (including phenoxy) is 1. The Kier molecular flexibility index (Phi) is 10.5. The summed E-state index contributed by atoms with van der Waals surface area (Å²) in [6, 6.07) is 7.89. The van der Waals surface area contributed by atoms with Gasteiger partial charge in [0, 0.05) is 38.3 Å². The second-order valence-corrected chi connectivity index (χ2v) is 6.46. The summed E-state index contributed by atoms with van der Waals surface area (Å²) in [5, 5.41) is 10.7. The lowest BCUT2D eigenvalue weighted by molar-refractivity contribution is -0.140. The third-order valence-corrected chi connectivity index (χ3v) is 4.37. The van der Waals surface area contributed by atoms with Crippen molar-refractivity contribution in [2.75, 3.05) is 32.6 Å². The van der Waals surface area contributed by atoms with Gasteiger partial charge in [0.25, 0.3) is 0 Å². The topological polar surface area (TPSA) is 70.6 Å². The van der Waals surface area contributed by atoms with Gasteiger partial charge in [-0.25, -0.2) is 4.98 Å². The van der Waals surface area contributed by atoms with Gasteiger partial charge in [-0.1, -0.05) is 12.1 Å². The van der Waals surface area contributed by atoms with Crippen LogP contribution < -0.4 is 16.0 Å². The van der Waals surface area contributed by atoms with E-state index in [1.807, 2.05) is 24.3 Å². The zero-order valence-corrected chi connectivity index (χ0v) is 18.6. The van der Waals surface area contributed by atoms with Crippen molar-refractivity contribution in [2.24, 2.45) is 4.99 Å². The molecular weight excluding hydrogens is 506 g/mol. The van der Waals surface area contributed by atoms with Crippen LogP contribution >= 0.6 is 35.3 Å². The van der Waals surface area contributed by atoms with Crippen LogP contribution in [0.15, 0.2) is 34.6 Å². The van der Waals surface area contributed by atoms with Crippen LogP contribution in [0.5, 0.6) is 0 Å². The molecule has 0 aliphatic carbocycles. The van der Waals surface area contributed by atoms with Gasteiger partial charge in [0.2, 0.25) is 0 Å². The molecule has 0 saturated heterocycles. The molecule has 6 nitrogen and oxygen atoms in total. The molecular formula is C17H23F3IN5OS. The minimum Gasteiger partial charge on any atom is -0.383 e. The minimum atomic E-state index is -4.42. The number of aliphatic imine (C=N–C) groups is 1. The Morgan fingerprint density at radius 1 is 1.18 bits per heavy atom. The summed E-state index contributed by atoms with van der Waals surface area (Å²) in [4.78, 5) is 7.64. The van der Waals surface area contributed by atoms with E-state index in [-0.39, 0.29) is 30.5 Å². The fraction of sp³-hybridized carbons (Fsp3) is 0.412. The van der Waals surface area contributed by atoms with Crippen molar-refractivity contribution in [3.63, 3.8) is 0 Å². The maximum Gasteiger partial charge on any atom is 0.434 e. The van der Waals surface area contributed by atoms with Crippen molar-refractivity contribution in [2.45, 2.75) is 19.3 Å². The molecule has 1 heterocycles. The Morgan fingerprint density at radius 3 is 2.43 bits per heavy atom. The van der Waals surface area contributed by atoms with E-state index in [2.05, 4.69) is 25.9 Å².